The van der Waals surface area contributed by atoms with Gasteiger partial charge in [-0.3, -0.25) is 4.79 Å². The van der Waals surface area contributed by atoms with Crippen LogP contribution in [-0.4, -0.2) is 47.7 Å². The number of rotatable bonds is 6. The quantitative estimate of drug-likeness (QED) is 0.810. The van der Waals surface area contributed by atoms with Crippen molar-refractivity contribution in [2.75, 3.05) is 24.2 Å². The Labute approximate surface area is 157 Å². The van der Waals surface area contributed by atoms with E-state index in [4.69, 9.17) is 0 Å². The number of nitrogens with zero attached hydrogens (tertiary/aromatic N) is 3. The molecule has 2 aromatic rings. The van der Waals surface area contributed by atoms with E-state index in [9.17, 15) is 13.2 Å². The molecule has 9 heteroatoms. The lowest BCUT2D eigenvalue weighted by molar-refractivity contribution is -0.120. The number of benzene rings is 1. The van der Waals surface area contributed by atoms with Crippen LogP contribution in [0.25, 0.3) is 0 Å². The lowest BCUT2D eigenvalue weighted by Crippen LogP contribution is -2.44. The molecule has 0 saturated carbocycles. The van der Waals surface area contributed by atoms with Crippen molar-refractivity contribution in [2.45, 2.75) is 26.2 Å². The van der Waals surface area contributed by atoms with E-state index in [0.717, 1.165) is 10.6 Å². The minimum Gasteiger partial charge on any atom is -0.300 e. The molecule has 1 amide bonds. The summed E-state index contributed by atoms with van der Waals surface area (Å²) in [6.07, 6.45) is 2.03. The Bertz CT molecular complexity index is 852. The molecule has 1 saturated heterocycles. The summed E-state index contributed by atoms with van der Waals surface area (Å²) in [5, 5.41) is 12.2. The van der Waals surface area contributed by atoms with Gasteiger partial charge in [0, 0.05) is 19.5 Å². The fourth-order valence-electron chi connectivity index (χ4n) is 2.95. The molecule has 0 radical (unpaired) electrons. The topological polar surface area (TPSA) is 92.3 Å². The highest BCUT2D eigenvalue weighted by Gasteiger charge is 2.31. The van der Waals surface area contributed by atoms with Gasteiger partial charge in [-0.25, -0.2) is 12.7 Å². The van der Waals surface area contributed by atoms with Crippen LogP contribution in [0, 0.1) is 5.92 Å². The van der Waals surface area contributed by atoms with Crippen LogP contribution in [0.5, 0.6) is 0 Å². The van der Waals surface area contributed by atoms with Crippen molar-refractivity contribution in [1.82, 2.24) is 14.5 Å². The van der Waals surface area contributed by atoms with Gasteiger partial charge >= 0.3 is 0 Å². The zero-order valence-electron chi connectivity index (χ0n) is 14.6. The van der Waals surface area contributed by atoms with E-state index in [-0.39, 0.29) is 24.1 Å². The highest BCUT2D eigenvalue weighted by atomic mass is 32.2. The molecule has 0 bridgehead atoms. The van der Waals surface area contributed by atoms with Crippen LogP contribution in [0.2, 0.25) is 0 Å². The van der Waals surface area contributed by atoms with E-state index >= 15 is 0 Å². The molecule has 140 valence electrons. The number of carbonyl (C=O) groups excluding carboxylic acids is 1. The third kappa shape index (κ3) is 4.66. The first-order chi connectivity index (χ1) is 12.5. The molecule has 0 aliphatic carbocycles. The third-order valence-corrected chi connectivity index (χ3v) is 7.09. The van der Waals surface area contributed by atoms with Gasteiger partial charge in [0.25, 0.3) is 0 Å². The molecular formula is C17H22N4O3S2. The third-order valence-electron chi connectivity index (χ3n) is 4.41. The summed E-state index contributed by atoms with van der Waals surface area (Å²) >= 11 is 1.34. The van der Waals surface area contributed by atoms with Crippen molar-refractivity contribution < 1.29 is 13.2 Å². The number of anilines is 1. The number of amides is 1. The Kier molecular flexibility index (Phi) is 6.00. The van der Waals surface area contributed by atoms with Crippen LogP contribution in [0.15, 0.2) is 30.3 Å². The molecule has 26 heavy (non-hydrogen) atoms. The Hall–Kier alpha value is -1.84. The molecule has 7 nitrogen and oxygen atoms in total. The van der Waals surface area contributed by atoms with E-state index in [2.05, 4.69) is 15.5 Å². The zero-order chi connectivity index (χ0) is 18.6. The first kappa shape index (κ1) is 18.9. The number of aromatic nitrogens is 2. The molecule has 1 aliphatic rings. The normalized spacial score (nSPS) is 18.6. The van der Waals surface area contributed by atoms with Gasteiger partial charge in [0.15, 0.2) is 0 Å². The zero-order valence-corrected chi connectivity index (χ0v) is 16.2. The number of hydrogen-bond donors (Lipinski definition) is 1. The molecular weight excluding hydrogens is 372 g/mol. The van der Waals surface area contributed by atoms with Crippen molar-refractivity contribution in [1.29, 1.82) is 0 Å². The van der Waals surface area contributed by atoms with Gasteiger partial charge in [-0.1, -0.05) is 41.7 Å². The van der Waals surface area contributed by atoms with E-state index in [1.165, 1.54) is 15.6 Å². The van der Waals surface area contributed by atoms with Crippen molar-refractivity contribution in [3.8, 4) is 0 Å². The van der Waals surface area contributed by atoms with Gasteiger partial charge in [-0.2, -0.15) is 0 Å². The van der Waals surface area contributed by atoms with Crippen LogP contribution in [0.3, 0.4) is 0 Å². The van der Waals surface area contributed by atoms with Crippen molar-refractivity contribution in [3.05, 3.63) is 40.9 Å². The number of sulfonamides is 1. The van der Waals surface area contributed by atoms with Gasteiger partial charge in [-0.05, 0) is 25.3 Å². The van der Waals surface area contributed by atoms with Crippen molar-refractivity contribution >= 4 is 32.4 Å². The molecule has 1 unspecified atom stereocenters. The van der Waals surface area contributed by atoms with Gasteiger partial charge in [0.1, 0.15) is 5.01 Å². The van der Waals surface area contributed by atoms with Gasteiger partial charge < -0.3 is 5.32 Å². The Morgan fingerprint density at radius 2 is 2.08 bits per heavy atom. The van der Waals surface area contributed by atoms with E-state index in [1.54, 1.807) is 6.92 Å². The minimum absolute atomic E-state index is 0.0561. The summed E-state index contributed by atoms with van der Waals surface area (Å²) in [6, 6.07) is 9.94. The maximum atomic E-state index is 12.5. The lowest BCUT2D eigenvalue weighted by atomic mass is 9.99. The lowest BCUT2D eigenvalue weighted by Gasteiger charge is -2.30. The Morgan fingerprint density at radius 3 is 2.81 bits per heavy atom. The molecule has 1 aromatic carbocycles. The second kappa shape index (κ2) is 8.24. The maximum Gasteiger partial charge on any atom is 0.230 e. The predicted molar refractivity (Wildman–Crippen MR) is 102 cm³/mol. The van der Waals surface area contributed by atoms with Crippen LogP contribution < -0.4 is 5.32 Å². The fourth-order valence-corrected chi connectivity index (χ4v) is 4.90. The van der Waals surface area contributed by atoms with Crippen LogP contribution in [0.4, 0.5) is 5.13 Å². The highest BCUT2D eigenvalue weighted by Crippen LogP contribution is 2.23. The second-order valence-corrected chi connectivity index (χ2v) is 9.57. The van der Waals surface area contributed by atoms with Gasteiger partial charge in [0.2, 0.25) is 21.1 Å². The summed E-state index contributed by atoms with van der Waals surface area (Å²) in [6.45, 7) is 2.34. The molecule has 1 fully saturated rings. The molecule has 1 N–H and O–H groups in total. The number of piperidine rings is 1. The van der Waals surface area contributed by atoms with Crippen molar-refractivity contribution in [3.63, 3.8) is 0 Å². The highest BCUT2D eigenvalue weighted by molar-refractivity contribution is 7.89. The fraction of sp³-hybridized carbons (Fsp3) is 0.471. The first-order valence-electron chi connectivity index (χ1n) is 8.63. The van der Waals surface area contributed by atoms with Gasteiger partial charge in [-0.15, -0.1) is 10.2 Å². The van der Waals surface area contributed by atoms with E-state index in [1.807, 2.05) is 30.3 Å². The maximum absolute atomic E-state index is 12.5. The Morgan fingerprint density at radius 1 is 1.31 bits per heavy atom. The van der Waals surface area contributed by atoms with Crippen LogP contribution in [-0.2, 0) is 21.2 Å². The smallest absolute Gasteiger partial charge is 0.230 e. The summed E-state index contributed by atoms with van der Waals surface area (Å²) < 4.78 is 25.5. The average Bonchev–Trinajstić information content (AvgIpc) is 3.09. The molecule has 0 spiro atoms. The number of carbonyl (C=O) groups is 1. The molecule has 1 aromatic heterocycles. The number of nitrogens with one attached hydrogen (secondary N) is 1. The summed E-state index contributed by atoms with van der Waals surface area (Å²) in [4.78, 5) is 12.5. The van der Waals surface area contributed by atoms with E-state index in [0.29, 0.717) is 30.9 Å². The standard InChI is InChI=1S/C17H22N4O3S2/c1-2-26(23,24)21-10-6-9-14(12-21)16(22)18-17-20-19-15(25-17)11-13-7-4-3-5-8-13/h3-5,7-8,14H,2,6,9-12H2,1H3,(H,18,20,22). The summed E-state index contributed by atoms with van der Waals surface area (Å²) in [7, 11) is -3.26. The van der Waals surface area contributed by atoms with Crippen LogP contribution in [0.1, 0.15) is 30.3 Å². The summed E-state index contributed by atoms with van der Waals surface area (Å²) in [5.74, 6) is -0.490. The minimum atomic E-state index is -3.26. The van der Waals surface area contributed by atoms with Crippen LogP contribution >= 0.6 is 11.3 Å². The van der Waals surface area contributed by atoms with Crippen molar-refractivity contribution in [2.24, 2.45) is 5.92 Å². The number of hydrogen-bond acceptors (Lipinski definition) is 6. The Balaban J connectivity index is 1.60. The molecule has 2 heterocycles. The monoisotopic (exact) mass is 394 g/mol. The van der Waals surface area contributed by atoms with E-state index < -0.39 is 10.0 Å². The SMILES string of the molecule is CCS(=O)(=O)N1CCCC(C(=O)Nc2nnc(Cc3ccccc3)s2)C1. The second-order valence-electron chi connectivity index (χ2n) is 6.25. The molecule has 1 aliphatic heterocycles. The predicted octanol–water partition coefficient (Wildman–Crippen LogP) is 2.13. The average molecular weight is 395 g/mol. The largest absolute Gasteiger partial charge is 0.300 e. The van der Waals surface area contributed by atoms with Gasteiger partial charge in [0.05, 0.1) is 11.7 Å². The first-order valence-corrected chi connectivity index (χ1v) is 11.1. The molecule has 3 rings (SSSR count). The summed E-state index contributed by atoms with van der Waals surface area (Å²) in [5.41, 5.74) is 1.13. The molecule has 1 atom stereocenters.